The van der Waals surface area contributed by atoms with Crippen LogP contribution in [0.1, 0.15) is 10.6 Å². The number of hydrogen-bond acceptors (Lipinski definition) is 5. The summed E-state index contributed by atoms with van der Waals surface area (Å²) in [5.41, 5.74) is 9.81. The Morgan fingerprint density at radius 1 is 1.42 bits per heavy atom. The minimum absolute atomic E-state index is 0. The Balaban J connectivity index is 0. The van der Waals surface area contributed by atoms with Crippen molar-refractivity contribution in [2.75, 3.05) is 13.1 Å². The van der Waals surface area contributed by atoms with Crippen molar-refractivity contribution in [2.45, 2.75) is 0 Å². The average molecular weight is 173 g/mol. The van der Waals surface area contributed by atoms with Crippen LogP contribution in [0.4, 0.5) is 0 Å². The smallest absolute Gasteiger partial charge is 0.185 e. The molecule has 70 valence electrons. The molecule has 0 aliphatic heterocycles. The maximum atomic E-state index is 9.77. The van der Waals surface area contributed by atoms with Gasteiger partial charge in [0.15, 0.2) is 12.0 Å². The lowest BCUT2D eigenvalue weighted by Crippen LogP contribution is -2.11. The van der Waals surface area contributed by atoms with Gasteiger partial charge in [-0.05, 0) is 12.1 Å². The highest BCUT2D eigenvalue weighted by molar-refractivity contribution is 5.69. The lowest BCUT2D eigenvalue weighted by molar-refractivity contribution is 0.110. The summed E-state index contributed by atoms with van der Waals surface area (Å²) in [5.74, 6) is 0.375. The fourth-order valence-electron chi connectivity index (χ4n) is 0.358. The molecule has 1 aromatic heterocycles. The number of rotatable bonds is 2. The Morgan fingerprint density at radius 2 is 2.00 bits per heavy atom. The van der Waals surface area contributed by atoms with Gasteiger partial charge in [-0.1, -0.05) is 0 Å². The van der Waals surface area contributed by atoms with Gasteiger partial charge in [-0.2, -0.15) is 0 Å². The minimum atomic E-state index is 0. The van der Waals surface area contributed by atoms with Gasteiger partial charge in [-0.3, -0.25) is 4.79 Å². The number of nitrogens with two attached hydrogens (primary N) is 2. The van der Waals surface area contributed by atoms with E-state index in [4.69, 9.17) is 11.5 Å². The molecule has 0 saturated heterocycles. The van der Waals surface area contributed by atoms with Gasteiger partial charge in [0.2, 0.25) is 0 Å². The molecular formula is C7H15N3O2. The summed E-state index contributed by atoms with van der Waals surface area (Å²) in [6, 6.07) is 3.27. The summed E-state index contributed by atoms with van der Waals surface area (Å²) in [6.45, 7) is 1.19. The van der Waals surface area contributed by atoms with Gasteiger partial charge in [-0.15, -0.1) is 0 Å². The molecule has 0 amide bonds. The van der Waals surface area contributed by atoms with Crippen molar-refractivity contribution >= 4 is 6.29 Å². The van der Waals surface area contributed by atoms with E-state index in [1.54, 1.807) is 12.1 Å². The van der Waals surface area contributed by atoms with Crippen LogP contribution >= 0.6 is 0 Å². The molecule has 0 aliphatic carbocycles. The molecule has 0 aromatic carbocycles. The Bertz CT molecular complexity index is 173. The second-order valence-corrected chi connectivity index (χ2v) is 1.71. The molecule has 0 bridgehead atoms. The third-order valence-corrected chi connectivity index (χ3v) is 0.826. The summed E-state index contributed by atoms with van der Waals surface area (Å²) in [4.78, 5) is 9.77. The molecule has 7 N–H and O–H groups in total. The molecule has 0 atom stereocenters. The number of furan rings is 1. The van der Waals surface area contributed by atoms with E-state index in [0.717, 1.165) is 0 Å². The zero-order chi connectivity index (χ0) is 8.53. The first kappa shape index (κ1) is 13.4. The molecule has 0 saturated carbocycles. The van der Waals surface area contributed by atoms with Crippen LogP contribution in [0.3, 0.4) is 0 Å². The van der Waals surface area contributed by atoms with E-state index in [1.807, 2.05) is 0 Å². The van der Waals surface area contributed by atoms with Crippen molar-refractivity contribution in [3.05, 3.63) is 24.2 Å². The first-order chi connectivity index (χ1) is 5.35. The lowest BCUT2D eigenvalue weighted by atomic mass is 10.5. The van der Waals surface area contributed by atoms with E-state index >= 15 is 0 Å². The Morgan fingerprint density at radius 3 is 2.17 bits per heavy atom. The van der Waals surface area contributed by atoms with Crippen LogP contribution in [0.2, 0.25) is 0 Å². The van der Waals surface area contributed by atoms with Crippen LogP contribution in [-0.4, -0.2) is 19.4 Å². The largest absolute Gasteiger partial charge is 0.462 e. The molecule has 0 spiro atoms. The summed E-state index contributed by atoms with van der Waals surface area (Å²) in [5, 5.41) is 0. The fourth-order valence-corrected chi connectivity index (χ4v) is 0.358. The number of carbonyl (C=O) groups excluding carboxylic acids is 1. The van der Waals surface area contributed by atoms with Gasteiger partial charge >= 0.3 is 0 Å². The molecule has 12 heavy (non-hydrogen) atoms. The van der Waals surface area contributed by atoms with Crippen molar-refractivity contribution in [1.82, 2.24) is 6.15 Å². The third-order valence-electron chi connectivity index (χ3n) is 0.826. The number of aldehydes is 1. The standard InChI is InChI=1S/C5H4O2.C2H8N2.H3N/c6-4-5-2-1-3-7-5;3-1-2-4;/h1-4H;1-4H2;1H3. The van der Waals surface area contributed by atoms with Crippen molar-refractivity contribution in [3.8, 4) is 0 Å². The summed E-state index contributed by atoms with van der Waals surface area (Å²) < 4.78 is 4.61. The lowest BCUT2D eigenvalue weighted by Gasteiger charge is -1.72. The van der Waals surface area contributed by atoms with E-state index in [1.165, 1.54) is 6.26 Å². The molecule has 0 aliphatic rings. The number of hydrogen-bond donors (Lipinski definition) is 3. The molecule has 0 unspecified atom stereocenters. The average Bonchev–Trinajstić information content (AvgIpc) is 2.56. The maximum Gasteiger partial charge on any atom is 0.185 e. The van der Waals surface area contributed by atoms with Gasteiger partial charge in [0.05, 0.1) is 6.26 Å². The van der Waals surface area contributed by atoms with Gasteiger partial charge in [0.1, 0.15) is 0 Å². The molecule has 5 nitrogen and oxygen atoms in total. The normalized spacial score (nSPS) is 7.50. The Kier molecular flexibility index (Phi) is 11.0. The second kappa shape index (κ2) is 9.83. The maximum absolute atomic E-state index is 9.77. The summed E-state index contributed by atoms with van der Waals surface area (Å²) in [7, 11) is 0. The highest BCUT2D eigenvalue weighted by atomic mass is 16.3. The Labute approximate surface area is 71.3 Å². The van der Waals surface area contributed by atoms with Crippen LogP contribution in [0.25, 0.3) is 0 Å². The number of carbonyl (C=O) groups is 1. The predicted octanol–water partition coefficient (Wildman–Crippen LogP) is 0.158. The second-order valence-electron chi connectivity index (χ2n) is 1.71. The van der Waals surface area contributed by atoms with Crippen LogP contribution in [-0.2, 0) is 0 Å². The van der Waals surface area contributed by atoms with E-state index in [-0.39, 0.29) is 6.15 Å². The third kappa shape index (κ3) is 6.94. The summed E-state index contributed by atoms with van der Waals surface area (Å²) in [6.07, 6.45) is 2.13. The van der Waals surface area contributed by atoms with E-state index in [9.17, 15) is 4.79 Å². The first-order valence-corrected chi connectivity index (χ1v) is 3.24. The van der Waals surface area contributed by atoms with Crippen molar-refractivity contribution < 1.29 is 9.21 Å². The van der Waals surface area contributed by atoms with E-state index < -0.39 is 0 Å². The van der Waals surface area contributed by atoms with Crippen LogP contribution in [0.5, 0.6) is 0 Å². The first-order valence-electron chi connectivity index (χ1n) is 3.24. The monoisotopic (exact) mass is 173 g/mol. The molecule has 1 heterocycles. The van der Waals surface area contributed by atoms with Crippen molar-refractivity contribution in [2.24, 2.45) is 11.5 Å². The van der Waals surface area contributed by atoms with Gasteiger partial charge in [0, 0.05) is 13.1 Å². The Hall–Kier alpha value is -1.17. The SMILES string of the molecule is N.NCCN.O=Cc1ccco1. The predicted molar refractivity (Wildman–Crippen MR) is 47.2 cm³/mol. The molecule has 5 heteroatoms. The molecule has 1 aromatic rings. The highest BCUT2D eigenvalue weighted by Gasteiger charge is 1.84. The van der Waals surface area contributed by atoms with E-state index in [0.29, 0.717) is 25.1 Å². The van der Waals surface area contributed by atoms with Gasteiger partial charge in [-0.25, -0.2) is 0 Å². The molecule has 0 fully saturated rings. The minimum Gasteiger partial charge on any atom is -0.462 e. The van der Waals surface area contributed by atoms with Crippen LogP contribution in [0.15, 0.2) is 22.8 Å². The molecule has 1 rings (SSSR count). The highest BCUT2D eigenvalue weighted by Crippen LogP contribution is 1.92. The molecular weight excluding hydrogens is 158 g/mol. The van der Waals surface area contributed by atoms with E-state index in [2.05, 4.69) is 4.42 Å². The fraction of sp³-hybridized carbons (Fsp3) is 0.286. The topological polar surface area (TPSA) is 117 Å². The van der Waals surface area contributed by atoms with Gasteiger partial charge in [0.25, 0.3) is 0 Å². The summed E-state index contributed by atoms with van der Waals surface area (Å²) >= 11 is 0. The van der Waals surface area contributed by atoms with Crippen LogP contribution < -0.4 is 17.6 Å². The van der Waals surface area contributed by atoms with Crippen LogP contribution in [0, 0.1) is 0 Å². The van der Waals surface area contributed by atoms with Crippen molar-refractivity contribution in [1.29, 1.82) is 0 Å². The molecule has 0 radical (unpaired) electrons. The zero-order valence-corrected chi connectivity index (χ0v) is 6.90. The van der Waals surface area contributed by atoms with Crippen molar-refractivity contribution in [3.63, 3.8) is 0 Å². The van der Waals surface area contributed by atoms with Gasteiger partial charge < -0.3 is 22.0 Å². The zero-order valence-electron chi connectivity index (χ0n) is 6.90. The quantitative estimate of drug-likeness (QED) is 0.550.